The summed E-state index contributed by atoms with van der Waals surface area (Å²) in [5.74, 6) is -0.513. The van der Waals surface area contributed by atoms with Crippen molar-refractivity contribution in [1.82, 2.24) is 0 Å². The average molecular weight is 216 g/mol. The van der Waals surface area contributed by atoms with Gasteiger partial charge in [0, 0.05) is 18.4 Å². The van der Waals surface area contributed by atoms with Gasteiger partial charge in [-0.3, -0.25) is 9.59 Å². The second kappa shape index (κ2) is 4.41. The van der Waals surface area contributed by atoms with E-state index in [2.05, 4.69) is 0 Å². The Kier molecular flexibility index (Phi) is 2.97. The van der Waals surface area contributed by atoms with E-state index >= 15 is 0 Å². The Morgan fingerprint density at radius 3 is 2.56 bits per heavy atom. The van der Waals surface area contributed by atoms with Crippen molar-refractivity contribution < 1.29 is 14.7 Å². The number of ketones is 2. The SMILES string of the molecule is O=C1C[C@@H](O)C(=O)C=C1Cc1ccccc1. The number of hydrogen-bond acceptors (Lipinski definition) is 3. The Bertz CT molecular complexity index is 446. The fourth-order valence-corrected chi connectivity index (χ4v) is 1.72. The van der Waals surface area contributed by atoms with Gasteiger partial charge < -0.3 is 5.11 Å². The number of carbonyl (C=O) groups is 2. The normalized spacial score (nSPS) is 20.8. The first-order valence-electron chi connectivity index (χ1n) is 5.16. The molecule has 0 amide bonds. The highest BCUT2D eigenvalue weighted by Gasteiger charge is 2.26. The van der Waals surface area contributed by atoms with E-state index in [9.17, 15) is 14.7 Å². The zero-order valence-corrected chi connectivity index (χ0v) is 8.72. The predicted octanol–water partition coefficient (Wildman–Crippen LogP) is 1.06. The summed E-state index contributed by atoms with van der Waals surface area (Å²) in [5.41, 5.74) is 1.48. The molecule has 0 fully saturated rings. The molecule has 1 aliphatic rings. The van der Waals surface area contributed by atoms with E-state index < -0.39 is 6.10 Å². The van der Waals surface area contributed by atoms with Crippen molar-refractivity contribution in [2.45, 2.75) is 18.9 Å². The van der Waals surface area contributed by atoms with Crippen molar-refractivity contribution in [3.63, 3.8) is 0 Å². The van der Waals surface area contributed by atoms with Crippen LogP contribution in [0.1, 0.15) is 12.0 Å². The van der Waals surface area contributed by atoms with Gasteiger partial charge in [-0.15, -0.1) is 0 Å². The smallest absolute Gasteiger partial charge is 0.184 e. The van der Waals surface area contributed by atoms with Gasteiger partial charge in [0.05, 0.1) is 0 Å². The Balaban J connectivity index is 2.19. The van der Waals surface area contributed by atoms with Gasteiger partial charge in [-0.25, -0.2) is 0 Å². The summed E-state index contributed by atoms with van der Waals surface area (Å²) in [7, 11) is 0. The average Bonchev–Trinajstić information content (AvgIpc) is 2.27. The molecule has 1 aliphatic carbocycles. The Morgan fingerprint density at radius 2 is 1.88 bits per heavy atom. The topological polar surface area (TPSA) is 54.4 Å². The zero-order valence-electron chi connectivity index (χ0n) is 8.72. The van der Waals surface area contributed by atoms with Crippen LogP contribution < -0.4 is 0 Å². The molecule has 82 valence electrons. The lowest BCUT2D eigenvalue weighted by atomic mass is 9.91. The van der Waals surface area contributed by atoms with Gasteiger partial charge in [-0.1, -0.05) is 30.3 Å². The monoisotopic (exact) mass is 216 g/mol. The van der Waals surface area contributed by atoms with Crippen LogP contribution in [-0.4, -0.2) is 22.8 Å². The Morgan fingerprint density at radius 1 is 1.19 bits per heavy atom. The van der Waals surface area contributed by atoms with E-state index in [1.807, 2.05) is 30.3 Å². The number of Topliss-reactive ketones (excluding diaryl/α,β-unsaturated/α-hetero) is 1. The van der Waals surface area contributed by atoms with E-state index in [0.717, 1.165) is 5.56 Å². The lowest BCUT2D eigenvalue weighted by molar-refractivity contribution is -0.129. The molecule has 0 radical (unpaired) electrons. The quantitative estimate of drug-likeness (QED) is 0.804. The molecular weight excluding hydrogens is 204 g/mol. The van der Waals surface area contributed by atoms with Gasteiger partial charge >= 0.3 is 0 Å². The van der Waals surface area contributed by atoms with Crippen LogP contribution in [0.5, 0.6) is 0 Å². The molecule has 0 unspecified atom stereocenters. The molecule has 1 aromatic rings. The highest BCUT2D eigenvalue weighted by Crippen LogP contribution is 2.16. The third-order valence-corrected chi connectivity index (χ3v) is 2.62. The minimum atomic E-state index is -1.15. The largest absolute Gasteiger partial charge is 0.384 e. The van der Waals surface area contributed by atoms with Crippen LogP contribution in [-0.2, 0) is 16.0 Å². The van der Waals surface area contributed by atoms with Gasteiger partial charge in [-0.05, 0) is 11.6 Å². The second-order valence-electron chi connectivity index (χ2n) is 3.88. The van der Waals surface area contributed by atoms with Gasteiger partial charge in [0.1, 0.15) is 6.10 Å². The number of aliphatic hydroxyl groups is 1. The van der Waals surface area contributed by atoms with Crippen LogP contribution in [0.4, 0.5) is 0 Å². The van der Waals surface area contributed by atoms with Crippen LogP contribution in [0.25, 0.3) is 0 Å². The summed E-state index contributed by atoms with van der Waals surface area (Å²) in [6.07, 6.45) is 0.492. The standard InChI is InChI=1S/C13H12O3/c14-11-8-13(16)12(15)7-10(11)6-9-4-2-1-3-5-9/h1-5,7,13,16H,6,8H2/t13-/m1/s1. The molecule has 0 saturated heterocycles. The van der Waals surface area contributed by atoms with E-state index in [4.69, 9.17) is 0 Å². The van der Waals surface area contributed by atoms with Crippen molar-refractivity contribution in [2.75, 3.05) is 0 Å². The first kappa shape index (κ1) is 10.8. The highest BCUT2D eigenvalue weighted by molar-refractivity contribution is 6.10. The maximum absolute atomic E-state index is 11.6. The fraction of sp³-hybridized carbons (Fsp3) is 0.231. The van der Waals surface area contributed by atoms with E-state index in [1.165, 1.54) is 6.08 Å². The molecule has 1 aromatic carbocycles. The second-order valence-corrected chi connectivity index (χ2v) is 3.88. The molecule has 0 bridgehead atoms. The molecule has 1 atom stereocenters. The molecule has 0 heterocycles. The van der Waals surface area contributed by atoms with Crippen molar-refractivity contribution in [3.8, 4) is 0 Å². The molecule has 0 saturated carbocycles. The summed E-state index contributed by atoms with van der Waals surface area (Å²) in [5, 5.41) is 9.22. The van der Waals surface area contributed by atoms with E-state index in [-0.39, 0.29) is 18.0 Å². The van der Waals surface area contributed by atoms with Crippen molar-refractivity contribution in [2.24, 2.45) is 0 Å². The Labute approximate surface area is 93.4 Å². The van der Waals surface area contributed by atoms with E-state index in [0.29, 0.717) is 12.0 Å². The first-order chi connectivity index (χ1) is 7.66. The molecule has 16 heavy (non-hydrogen) atoms. The van der Waals surface area contributed by atoms with Crippen molar-refractivity contribution in [3.05, 3.63) is 47.5 Å². The lowest BCUT2D eigenvalue weighted by Crippen LogP contribution is -2.29. The van der Waals surface area contributed by atoms with Crippen LogP contribution in [0.3, 0.4) is 0 Å². The molecule has 2 rings (SSSR count). The fourth-order valence-electron chi connectivity index (χ4n) is 1.72. The molecule has 0 spiro atoms. The summed E-state index contributed by atoms with van der Waals surface area (Å²) in [6, 6.07) is 9.49. The van der Waals surface area contributed by atoms with Crippen LogP contribution in [0.2, 0.25) is 0 Å². The molecule has 3 heteroatoms. The molecule has 3 nitrogen and oxygen atoms in total. The highest BCUT2D eigenvalue weighted by atomic mass is 16.3. The van der Waals surface area contributed by atoms with Crippen LogP contribution in [0, 0.1) is 0 Å². The van der Waals surface area contributed by atoms with Gasteiger partial charge in [0.2, 0.25) is 0 Å². The predicted molar refractivity (Wildman–Crippen MR) is 58.9 cm³/mol. The third kappa shape index (κ3) is 2.25. The molecule has 0 aromatic heterocycles. The summed E-state index contributed by atoms with van der Waals surface area (Å²) >= 11 is 0. The number of aliphatic hydroxyl groups excluding tert-OH is 1. The number of carbonyl (C=O) groups excluding carboxylic acids is 2. The minimum absolute atomic E-state index is 0.0858. The minimum Gasteiger partial charge on any atom is -0.384 e. The number of benzene rings is 1. The molecule has 1 N–H and O–H groups in total. The van der Waals surface area contributed by atoms with Gasteiger partial charge in [0.25, 0.3) is 0 Å². The number of hydrogen-bond donors (Lipinski definition) is 1. The molecule has 0 aliphatic heterocycles. The van der Waals surface area contributed by atoms with Gasteiger partial charge in [0.15, 0.2) is 11.6 Å². The number of allylic oxidation sites excluding steroid dienone is 1. The zero-order chi connectivity index (χ0) is 11.5. The maximum atomic E-state index is 11.6. The summed E-state index contributed by atoms with van der Waals surface area (Å²) < 4.78 is 0. The van der Waals surface area contributed by atoms with E-state index in [1.54, 1.807) is 0 Å². The Hall–Kier alpha value is -1.74. The first-order valence-corrected chi connectivity index (χ1v) is 5.16. The molecular formula is C13H12O3. The maximum Gasteiger partial charge on any atom is 0.184 e. The summed E-state index contributed by atoms with van der Waals surface area (Å²) in [4.78, 5) is 22.8. The lowest BCUT2D eigenvalue weighted by Gasteiger charge is -2.15. The van der Waals surface area contributed by atoms with Crippen molar-refractivity contribution in [1.29, 1.82) is 0 Å². The van der Waals surface area contributed by atoms with Crippen molar-refractivity contribution >= 4 is 11.6 Å². The number of rotatable bonds is 2. The van der Waals surface area contributed by atoms with Gasteiger partial charge in [-0.2, -0.15) is 0 Å². The third-order valence-electron chi connectivity index (χ3n) is 2.62. The van der Waals surface area contributed by atoms with Crippen LogP contribution >= 0.6 is 0 Å². The van der Waals surface area contributed by atoms with Crippen LogP contribution in [0.15, 0.2) is 42.0 Å². The summed E-state index contributed by atoms with van der Waals surface area (Å²) in [6.45, 7) is 0.